The van der Waals surface area contributed by atoms with E-state index in [1.54, 1.807) is 12.1 Å². The molecule has 1 heterocycles. The first-order valence-corrected chi connectivity index (χ1v) is 9.38. The molecule has 2 unspecified atom stereocenters. The van der Waals surface area contributed by atoms with Crippen LogP contribution in [0.1, 0.15) is 11.6 Å². The molecule has 1 fully saturated rings. The number of nitrogens with zero attached hydrogens (tertiary/aromatic N) is 1. The third-order valence-corrected chi connectivity index (χ3v) is 5.13. The largest absolute Gasteiger partial charge is 0.508 e. The van der Waals surface area contributed by atoms with Gasteiger partial charge in [-0.15, -0.1) is 0 Å². The summed E-state index contributed by atoms with van der Waals surface area (Å²) < 4.78 is 31.9. The molecule has 3 aromatic rings. The van der Waals surface area contributed by atoms with Gasteiger partial charge in [-0.25, -0.2) is 8.78 Å². The van der Waals surface area contributed by atoms with E-state index in [1.165, 1.54) is 65.6 Å². The number of carbonyl (C=O) groups excluding carboxylic acids is 1. The fourth-order valence-electron chi connectivity index (χ4n) is 3.62. The average Bonchev–Trinajstić information content (AvgIpc) is 2.74. The molecule has 0 saturated carbocycles. The van der Waals surface area contributed by atoms with Gasteiger partial charge in [0.1, 0.15) is 35.8 Å². The van der Waals surface area contributed by atoms with Crippen LogP contribution in [0.5, 0.6) is 11.5 Å². The van der Waals surface area contributed by atoms with Gasteiger partial charge in [0.15, 0.2) is 0 Å². The maximum Gasteiger partial charge on any atom is 0.235 e. The number of aromatic hydroxyl groups is 1. The van der Waals surface area contributed by atoms with Gasteiger partial charge in [0, 0.05) is 5.69 Å². The second kappa shape index (κ2) is 8.12. The van der Waals surface area contributed by atoms with Crippen LogP contribution in [0.25, 0.3) is 0 Å². The van der Waals surface area contributed by atoms with E-state index in [1.807, 2.05) is 0 Å². The number of anilines is 1. The van der Waals surface area contributed by atoms with Crippen LogP contribution in [0.3, 0.4) is 0 Å². The Morgan fingerprint density at radius 3 is 2.07 bits per heavy atom. The van der Waals surface area contributed by atoms with Crippen molar-refractivity contribution in [2.75, 3.05) is 11.5 Å². The summed E-state index contributed by atoms with van der Waals surface area (Å²) in [7, 11) is 0. The van der Waals surface area contributed by atoms with Crippen molar-refractivity contribution in [2.24, 2.45) is 5.92 Å². The summed E-state index contributed by atoms with van der Waals surface area (Å²) in [6.07, 6.45) is -1.13. The number of β-lactam (4-membered cyclic amide) rings is 1. The summed E-state index contributed by atoms with van der Waals surface area (Å²) >= 11 is 0. The fourth-order valence-corrected chi connectivity index (χ4v) is 3.62. The molecule has 0 radical (unpaired) electrons. The molecule has 0 spiro atoms. The first-order chi connectivity index (χ1) is 14.4. The molecule has 1 saturated heterocycles. The summed E-state index contributed by atoms with van der Waals surface area (Å²) in [5.74, 6) is -1.49. The molecule has 30 heavy (non-hydrogen) atoms. The van der Waals surface area contributed by atoms with Crippen LogP contribution in [0.15, 0.2) is 72.8 Å². The van der Waals surface area contributed by atoms with Gasteiger partial charge in [-0.1, -0.05) is 12.1 Å². The van der Waals surface area contributed by atoms with Gasteiger partial charge < -0.3 is 19.8 Å². The summed E-state index contributed by atoms with van der Waals surface area (Å²) in [4.78, 5) is 14.4. The number of carbonyl (C=O) groups is 1. The SMILES string of the molecule is O=C1C([C@H](O)COc2ccc(F)cc2)C(c2ccc(O)cc2)N1c1ccc(F)cc1. The van der Waals surface area contributed by atoms with Crippen LogP contribution < -0.4 is 9.64 Å². The van der Waals surface area contributed by atoms with E-state index in [9.17, 15) is 23.8 Å². The van der Waals surface area contributed by atoms with Crippen LogP contribution in [0.4, 0.5) is 14.5 Å². The molecule has 0 aromatic heterocycles. The van der Waals surface area contributed by atoms with E-state index in [0.717, 1.165) is 0 Å². The second-order valence-corrected chi connectivity index (χ2v) is 7.08. The molecule has 1 aliphatic heterocycles. The lowest BCUT2D eigenvalue weighted by Gasteiger charge is -2.49. The molecule has 0 aliphatic carbocycles. The molecular weight excluding hydrogens is 392 g/mol. The van der Waals surface area contributed by atoms with Crippen LogP contribution >= 0.6 is 0 Å². The number of phenolic OH excluding ortho intramolecular Hbond substituents is 1. The van der Waals surface area contributed by atoms with Crippen molar-refractivity contribution < 1.29 is 28.5 Å². The lowest BCUT2D eigenvalue weighted by molar-refractivity contribution is -0.137. The van der Waals surface area contributed by atoms with Gasteiger partial charge in [0.2, 0.25) is 5.91 Å². The number of benzene rings is 3. The number of amides is 1. The number of hydrogen-bond acceptors (Lipinski definition) is 4. The molecule has 1 aliphatic rings. The first-order valence-electron chi connectivity index (χ1n) is 9.38. The number of hydrogen-bond donors (Lipinski definition) is 2. The molecule has 154 valence electrons. The van der Waals surface area contributed by atoms with Crippen LogP contribution in [-0.2, 0) is 4.79 Å². The Labute approximate surface area is 171 Å². The normalized spacial score (nSPS) is 19.3. The summed E-state index contributed by atoms with van der Waals surface area (Å²) in [5.41, 5.74) is 1.21. The third kappa shape index (κ3) is 3.84. The Morgan fingerprint density at radius 1 is 0.900 bits per heavy atom. The quantitative estimate of drug-likeness (QED) is 0.605. The van der Waals surface area contributed by atoms with Gasteiger partial charge >= 0.3 is 0 Å². The lowest BCUT2D eigenvalue weighted by Crippen LogP contribution is -2.60. The zero-order valence-electron chi connectivity index (χ0n) is 15.8. The van der Waals surface area contributed by atoms with Crippen LogP contribution in [0, 0.1) is 17.6 Å². The van der Waals surface area contributed by atoms with Gasteiger partial charge in [-0.05, 0) is 66.2 Å². The highest BCUT2D eigenvalue weighted by molar-refractivity contribution is 6.03. The van der Waals surface area contributed by atoms with E-state index in [-0.39, 0.29) is 18.3 Å². The molecule has 3 atom stereocenters. The van der Waals surface area contributed by atoms with Crippen molar-refractivity contribution in [1.29, 1.82) is 0 Å². The molecule has 4 rings (SSSR count). The van der Waals surface area contributed by atoms with E-state index >= 15 is 0 Å². The number of rotatable bonds is 6. The number of ether oxygens (including phenoxy) is 1. The molecule has 0 bridgehead atoms. The van der Waals surface area contributed by atoms with E-state index < -0.39 is 29.7 Å². The van der Waals surface area contributed by atoms with Crippen molar-refractivity contribution in [3.63, 3.8) is 0 Å². The summed E-state index contributed by atoms with van der Waals surface area (Å²) in [6, 6.07) is 16.7. The van der Waals surface area contributed by atoms with Crippen LogP contribution in [0.2, 0.25) is 0 Å². The van der Waals surface area contributed by atoms with Crippen molar-refractivity contribution >= 4 is 11.6 Å². The van der Waals surface area contributed by atoms with E-state index in [4.69, 9.17) is 4.74 Å². The predicted octanol–water partition coefficient (Wildman–Crippen LogP) is 3.81. The second-order valence-electron chi connectivity index (χ2n) is 7.08. The van der Waals surface area contributed by atoms with Gasteiger partial charge in [0.05, 0.1) is 12.0 Å². The minimum Gasteiger partial charge on any atom is -0.508 e. The van der Waals surface area contributed by atoms with Crippen molar-refractivity contribution in [2.45, 2.75) is 12.1 Å². The summed E-state index contributed by atoms with van der Waals surface area (Å²) in [6.45, 7) is -0.159. The summed E-state index contributed by atoms with van der Waals surface area (Å²) in [5, 5.41) is 20.3. The minimum absolute atomic E-state index is 0.0782. The maximum absolute atomic E-state index is 13.3. The zero-order valence-corrected chi connectivity index (χ0v) is 15.8. The zero-order chi connectivity index (χ0) is 21.3. The Hall–Kier alpha value is -3.45. The molecule has 1 amide bonds. The van der Waals surface area contributed by atoms with Gasteiger partial charge in [-0.2, -0.15) is 0 Å². The van der Waals surface area contributed by atoms with Crippen molar-refractivity contribution in [3.8, 4) is 11.5 Å². The minimum atomic E-state index is -1.13. The average molecular weight is 411 g/mol. The molecule has 7 heteroatoms. The number of phenols is 1. The molecule has 2 N–H and O–H groups in total. The van der Waals surface area contributed by atoms with Crippen molar-refractivity contribution in [3.05, 3.63) is 90.0 Å². The number of aliphatic hydroxyl groups excluding tert-OH is 1. The standard InChI is InChI=1S/C23H19F2NO4/c24-15-3-7-17(8-4-15)26-22(14-1-9-18(27)10-2-14)21(23(26)29)20(28)13-30-19-11-5-16(25)6-12-19/h1-12,20-22,27-28H,13H2/t20-,21?,22?/m1/s1. The maximum atomic E-state index is 13.3. The molecule has 5 nitrogen and oxygen atoms in total. The predicted molar refractivity (Wildman–Crippen MR) is 106 cm³/mol. The van der Waals surface area contributed by atoms with Gasteiger partial charge in [0.25, 0.3) is 0 Å². The van der Waals surface area contributed by atoms with E-state index in [2.05, 4.69) is 0 Å². The highest BCUT2D eigenvalue weighted by Crippen LogP contribution is 2.45. The van der Waals surface area contributed by atoms with Crippen molar-refractivity contribution in [1.82, 2.24) is 0 Å². The monoisotopic (exact) mass is 411 g/mol. The number of aliphatic hydroxyl groups is 1. The topological polar surface area (TPSA) is 70.0 Å². The first kappa shape index (κ1) is 19.8. The molecule has 3 aromatic carbocycles. The lowest BCUT2D eigenvalue weighted by atomic mass is 9.78. The molecular formula is C23H19F2NO4. The Kier molecular flexibility index (Phi) is 5.37. The van der Waals surface area contributed by atoms with Gasteiger partial charge in [-0.3, -0.25) is 4.79 Å². The Morgan fingerprint density at radius 2 is 1.47 bits per heavy atom. The van der Waals surface area contributed by atoms with Crippen LogP contribution in [-0.4, -0.2) is 28.8 Å². The Bertz CT molecular complexity index is 1020. The highest BCUT2D eigenvalue weighted by atomic mass is 19.1. The fraction of sp³-hybridized carbons (Fsp3) is 0.174. The smallest absolute Gasteiger partial charge is 0.235 e. The number of halogens is 2. The highest BCUT2D eigenvalue weighted by Gasteiger charge is 2.52. The van der Waals surface area contributed by atoms with E-state index in [0.29, 0.717) is 17.0 Å². The Balaban J connectivity index is 1.57. The third-order valence-electron chi connectivity index (χ3n) is 5.13.